The molecular formula is C16H21BrO. The number of hydrogen-bond donors (Lipinski definition) is 0. The average Bonchev–Trinajstić information content (AvgIpc) is 2.36. The molecule has 0 amide bonds. The molecule has 0 heterocycles. The molecule has 0 N–H and O–H groups in total. The second-order valence-corrected chi connectivity index (χ2v) is 5.08. The number of alkyl halides is 1. The van der Waals surface area contributed by atoms with Gasteiger partial charge in [0.2, 0.25) is 0 Å². The van der Waals surface area contributed by atoms with Gasteiger partial charge in [0, 0.05) is 10.9 Å². The molecule has 0 aromatic heterocycles. The molecule has 1 rings (SSSR count). The fourth-order valence-electron chi connectivity index (χ4n) is 1.71. The summed E-state index contributed by atoms with van der Waals surface area (Å²) >= 11 is 3.48. The second-order valence-electron chi connectivity index (χ2n) is 4.52. The van der Waals surface area contributed by atoms with E-state index in [9.17, 15) is 0 Å². The number of allylic oxidation sites excluding steroid dienone is 2. The number of hydrogen-bond acceptors (Lipinski definition) is 1. The van der Waals surface area contributed by atoms with Crippen molar-refractivity contribution in [3.8, 4) is 5.75 Å². The fraction of sp³-hybridized carbons (Fsp3) is 0.375. The van der Waals surface area contributed by atoms with Gasteiger partial charge in [-0.15, -0.1) is 0 Å². The van der Waals surface area contributed by atoms with Crippen LogP contribution in [-0.4, -0.2) is 6.61 Å². The second kappa shape index (κ2) is 8.15. The first kappa shape index (κ1) is 15.0. The molecule has 0 saturated heterocycles. The van der Waals surface area contributed by atoms with Crippen molar-refractivity contribution in [2.75, 3.05) is 6.61 Å². The van der Waals surface area contributed by atoms with Gasteiger partial charge in [0.1, 0.15) is 12.4 Å². The summed E-state index contributed by atoms with van der Waals surface area (Å²) in [7, 11) is 0. The van der Waals surface area contributed by atoms with Gasteiger partial charge in [0.25, 0.3) is 0 Å². The summed E-state index contributed by atoms with van der Waals surface area (Å²) in [5.41, 5.74) is 2.40. The molecule has 1 nitrogen and oxygen atoms in total. The van der Waals surface area contributed by atoms with Crippen LogP contribution in [0.4, 0.5) is 0 Å². The lowest BCUT2D eigenvalue weighted by atomic mass is 10.1. The largest absolute Gasteiger partial charge is 0.489 e. The van der Waals surface area contributed by atoms with E-state index < -0.39 is 0 Å². The summed E-state index contributed by atoms with van der Waals surface area (Å²) in [6, 6.07) is 8.12. The van der Waals surface area contributed by atoms with Crippen LogP contribution >= 0.6 is 15.9 Å². The third-order valence-electron chi connectivity index (χ3n) is 2.44. The van der Waals surface area contributed by atoms with Crippen molar-refractivity contribution in [1.82, 2.24) is 0 Å². The highest BCUT2D eigenvalue weighted by Crippen LogP contribution is 2.21. The van der Waals surface area contributed by atoms with Gasteiger partial charge in [-0.3, -0.25) is 0 Å². The lowest BCUT2D eigenvalue weighted by Gasteiger charge is -2.11. The Kier molecular flexibility index (Phi) is 6.81. The van der Waals surface area contributed by atoms with Crippen molar-refractivity contribution in [1.29, 1.82) is 0 Å². The van der Waals surface area contributed by atoms with E-state index in [1.807, 2.05) is 31.2 Å². The highest BCUT2D eigenvalue weighted by molar-refractivity contribution is 9.08. The Balaban J connectivity index is 2.73. The van der Waals surface area contributed by atoms with Crippen molar-refractivity contribution in [3.63, 3.8) is 0 Å². The minimum Gasteiger partial charge on any atom is -0.489 e. The van der Waals surface area contributed by atoms with Gasteiger partial charge in [-0.2, -0.15) is 0 Å². The molecule has 0 unspecified atom stereocenters. The van der Waals surface area contributed by atoms with E-state index in [4.69, 9.17) is 4.74 Å². The molecule has 0 bridgehead atoms. The predicted octanol–water partition coefficient (Wildman–Crippen LogP) is 5.12. The summed E-state index contributed by atoms with van der Waals surface area (Å²) in [5.74, 6) is 1.49. The molecule has 2 heteroatoms. The van der Waals surface area contributed by atoms with Crippen LogP contribution in [0, 0.1) is 5.92 Å². The van der Waals surface area contributed by atoms with Crippen molar-refractivity contribution in [2.24, 2.45) is 5.92 Å². The lowest BCUT2D eigenvalue weighted by molar-refractivity contribution is 0.352. The van der Waals surface area contributed by atoms with E-state index in [1.165, 1.54) is 11.1 Å². The number of ether oxygens (including phenoxy) is 1. The maximum atomic E-state index is 5.89. The predicted molar refractivity (Wildman–Crippen MR) is 82.3 cm³/mol. The highest BCUT2D eigenvalue weighted by Gasteiger charge is 2.02. The van der Waals surface area contributed by atoms with Crippen LogP contribution in [0.25, 0.3) is 0 Å². The van der Waals surface area contributed by atoms with Crippen LogP contribution in [0.2, 0.25) is 0 Å². The SMILES string of the molecule is C/C=C\C(=C/C(C)C)COc1ccccc1CBr. The van der Waals surface area contributed by atoms with E-state index in [0.29, 0.717) is 12.5 Å². The molecule has 1 aromatic carbocycles. The molecule has 0 aliphatic heterocycles. The zero-order valence-corrected chi connectivity index (χ0v) is 12.9. The number of benzene rings is 1. The monoisotopic (exact) mass is 308 g/mol. The van der Waals surface area contributed by atoms with E-state index in [1.54, 1.807) is 0 Å². The smallest absolute Gasteiger partial charge is 0.123 e. The fourth-order valence-corrected chi connectivity index (χ4v) is 2.17. The first-order valence-electron chi connectivity index (χ1n) is 6.27. The van der Waals surface area contributed by atoms with Gasteiger partial charge in [0.15, 0.2) is 0 Å². The lowest BCUT2D eigenvalue weighted by Crippen LogP contribution is -2.02. The first-order chi connectivity index (χ1) is 8.67. The molecular weight excluding hydrogens is 288 g/mol. The maximum Gasteiger partial charge on any atom is 0.123 e. The van der Waals surface area contributed by atoms with Gasteiger partial charge in [0.05, 0.1) is 0 Å². The minimum absolute atomic E-state index is 0.534. The van der Waals surface area contributed by atoms with Gasteiger partial charge < -0.3 is 4.74 Å². The number of halogens is 1. The van der Waals surface area contributed by atoms with Crippen LogP contribution in [0.15, 0.2) is 48.1 Å². The number of para-hydroxylation sites is 1. The summed E-state index contributed by atoms with van der Waals surface area (Å²) in [6.07, 6.45) is 6.39. The topological polar surface area (TPSA) is 9.23 Å². The Morgan fingerprint density at radius 3 is 2.67 bits per heavy atom. The molecule has 0 atom stereocenters. The van der Waals surface area contributed by atoms with E-state index >= 15 is 0 Å². The average molecular weight is 309 g/mol. The van der Waals surface area contributed by atoms with E-state index in [0.717, 1.165) is 11.1 Å². The Hall–Kier alpha value is -1.02. The normalized spacial score (nSPS) is 12.4. The Labute approximate surface area is 119 Å². The first-order valence-corrected chi connectivity index (χ1v) is 7.39. The molecule has 1 aromatic rings. The summed E-state index contributed by atoms with van der Waals surface area (Å²) < 4.78 is 5.89. The maximum absolute atomic E-state index is 5.89. The van der Waals surface area contributed by atoms with Crippen LogP contribution in [0.5, 0.6) is 5.75 Å². The molecule has 0 radical (unpaired) electrons. The van der Waals surface area contributed by atoms with Gasteiger partial charge >= 0.3 is 0 Å². The van der Waals surface area contributed by atoms with Crippen LogP contribution in [0.3, 0.4) is 0 Å². The molecule has 0 aliphatic rings. The molecule has 0 fully saturated rings. The van der Waals surface area contributed by atoms with Gasteiger partial charge in [-0.25, -0.2) is 0 Å². The Bertz CT molecular complexity index is 419. The zero-order valence-electron chi connectivity index (χ0n) is 11.3. The third-order valence-corrected chi connectivity index (χ3v) is 3.04. The van der Waals surface area contributed by atoms with Gasteiger partial charge in [-0.05, 0) is 24.5 Å². The molecule has 98 valence electrons. The standard InChI is InChI=1S/C16H21BrO/c1-4-7-14(10-13(2)3)12-18-16-9-6-5-8-15(16)11-17/h4-10,13H,11-12H2,1-3H3/b7-4-,14-10+. The Morgan fingerprint density at radius 2 is 2.06 bits per heavy atom. The number of rotatable bonds is 6. The van der Waals surface area contributed by atoms with E-state index in [2.05, 4.69) is 48.0 Å². The summed E-state index contributed by atoms with van der Waals surface area (Å²) in [5, 5.41) is 0.815. The minimum atomic E-state index is 0.534. The molecule has 0 aliphatic carbocycles. The third kappa shape index (κ3) is 5.09. The summed E-state index contributed by atoms with van der Waals surface area (Å²) in [4.78, 5) is 0. The molecule has 0 saturated carbocycles. The highest BCUT2D eigenvalue weighted by atomic mass is 79.9. The molecule has 18 heavy (non-hydrogen) atoms. The van der Waals surface area contributed by atoms with Crippen LogP contribution in [0.1, 0.15) is 26.3 Å². The molecule has 0 spiro atoms. The van der Waals surface area contributed by atoms with Crippen molar-refractivity contribution >= 4 is 15.9 Å². The quantitative estimate of drug-likeness (QED) is 0.523. The van der Waals surface area contributed by atoms with Crippen LogP contribution < -0.4 is 4.74 Å². The zero-order chi connectivity index (χ0) is 13.4. The van der Waals surface area contributed by atoms with Gasteiger partial charge in [-0.1, -0.05) is 66.2 Å². The van der Waals surface area contributed by atoms with Crippen molar-refractivity contribution < 1.29 is 4.74 Å². The Morgan fingerprint density at radius 1 is 1.33 bits per heavy atom. The van der Waals surface area contributed by atoms with Crippen molar-refractivity contribution in [3.05, 3.63) is 53.6 Å². The summed E-state index contributed by atoms with van der Waals surface area (Å²) in [6.45, 7) is 7.00. The van der Waals surface area contributed by atoms with Crippen LogP contribution in [-0.2, 0) is 5.33 Å². The van der Waals surface area contributed by atoms with Crippen molar-refractivity contribution in [2.45, 2.75) is 26.1 Å². The van der Waals surface area contributed by atoms with E-state index in [-0.39, 0.29) is 0 Å².